The molecule has 0 aliphatic carbocycles. The number of hydrogen-bond donors (Lipinski definition) is 1. The maximum absolute atomic E-state index is 12.2. The van der Waals surface area contributed by atoms with Crippen LogP contribution in [0.2, 0.25) is 0 Å². The first kappa shape index (κ1) is 20.2. The number of carbonyl (C=O) groups excluding carboxylic acids is 2. The second-order valence-electron chi connectivity index (χ2n) is 5.89. The van der Waals surface area contributed by atoms with Gasteiger partial charge in [0.15, 0.2) is 24.2 Å². The maximum Gasteiger partial charge on any atom is 0.422 e. The molecular weight excluding hydrogens is 397 g/mol. The molecular formula is C18H15F3N2O6. The molecule has 1 aliphatic heterocycles. The van der Waals surface area contributed by atoms with Gasteiger partial charge in [0.05, 0.1) is 5.56 Å². The van der Waals surface area contributed by atoms with E-state index in [0.717, 1.165) is 12.3 Å². The van der Waals surface area contributed by atoms with Crippen LogP contribution in [-0.2, 0) is 9.53 Å². The number of halogens is 3. The lowest BCUT2D eigenvalue weighted by molar-refractivity contribution is -0.154. The van der Waals surface area contributed by atoms with Crippen molar-refractivity contribution in [1.29, 1.82) is 0 Å². The summed E-state index contributed by atoms with van der Waals surface area (Å²) in [6.07, 6.45) is -4.65. The molecule has 0 fully saturated rings. The summed E-state index contributed by atoms with van der Waals surface area (Å²) in [5.41, 5.74) is 0.377. The fraction of sp³-hybridized carbons (Fsp3) is 0.278. The number of aromatic nitrogens is 1. The Hall–Kier alpha value is -3.50. The molecule has 0 saturated heterocycles. The van der Waals surface area contributed by atoms with Crippen LogP contribution in [0.3, 0.4) is 0 Å². The molecule has 0 spiro atoms. The molecule has 1 amide bonds. The lowest BCUT2D eigenvalue weighted by Gasteiger charge is -2.14. The fourth-order valence-corrected chi connectivity index (χ4v) is 2.24. The van der Waals surface area contributed by atoms with Gasteiger partial charge >= 0.3 is 12.1 Å². The van der Waals surface area contributed by atoms with Crippen molar-refractivity contribution in [2.75, 3.05) is 18.7 Å². The molecule has 1 aromatic carbocycles. The van der Waals surface area contributed by atoms with E-state index in [4.69, 9.17) is 14.2 Å². The molecule has 2 heterocycles. The monoisotopic (exact) mass is 412 g/mol. The Kier molecular flexibility index (Phi) is 5.76. The molecule has 29 heavy (non-hydrogen) atoms. The van der Waals surface area contributed by atoms with Crippen LogP contribution in [0.1, 0.15) is 17.3 Å². The molecule has 2 aromatic rings. The molecule has 0 bridgehead atoms. The number of amides is 1. The molecule has 0 saturated carbocycles. The van der Waals surface area contributed by atoms with E-state index in [0.29, 0.717) is 17.2 Å². The highest BCUT2D eigenvalue weighted by atomic mass is 19.4. The highest BCUT2D eigenvalue weighted by Crippen LogP contribution is 2.34. The van der Waals surface area contributed by atoms with E-state index in [1.165, 1.54) is 13.0 Å². The number of rotatable bonds is 6. The summed E-state index contributed by atoms with van der Waals surface area (Å²) < 4.78 is 56.2. The number of esters is 1. The Balaban J connectivity index is 1.53. The Morgan fingerprint density at radius 2 is 1.97 bits per heavy atom. The summed E-state index contributed by atoms with van der Waals surface area (Å²) in [5.74, 6) is -0.722. The third-order valence-electron chi connectivity index (χ3n) is 3.65. The third-order valence-corrected chi connectivity index (χ3v) is 3.65. The molecule has 8 nitrogen and oxygen atoms in total. The van der Waals surface area contributed by atoms with Crippen molar-refractivity contribution in [2.45, 2.75) is 19.2 Å². The Bertz CT molecular complexity index is 901. The van der Waals surface area contributed by atoms with Crippen molar-refractivity contribution >= 4 is 17.6 Å². The highest BCUT2D eigenvalue weighted by Gasteiger charge is 2.28. The number of ether oxygens (including phenoxy) is 4. The van der Waals surface area contributed by atoms with Gasteiger partial charge in [-0.05, 0) is 25.1 Å². The van der Waals surface area contributed by atoms with Gasteiger partial charge in [-0.15, -0.1) is 0 Å². The molecule has 0 radical (unpaired) electrons. The lowest BCUT2D eigenvalue weighted by Crippen LogP contribution is -2.30. The second-order valence-corrected chi connectivity index (χ2v) is 5.89. The van der Waals surface area contributed by atoms with Crippen LogP contribution in [-0.4, -0.2) is 42.5 Å². The van der Waals surface area contributed by atoms with E-state index in [2.05, 4.69) is 15.0 Å². The van der Waals surface area contributed by atoms with Gasteiger partial charge in [-0.3, -0.25) is 4.79 Å². The zero-order chi connectivity index (χ0) is 21.0. The zero-order valence-electron chi connectivity index (χ0n) is 15.0. The van der Waals surface area contributed by atoms with Crippen molar-refractivity contribution in [2.24, 2.45) is 0 Å². The number of fused-ring (bicyclic) bond motifs is 1. The Labute approximate surface area is 162 Å². The normalized spacial score (nSPS) is 13.5. The number of pyridine rings is 1. The smallest absolute Gasteiger partial charge is 0.422 e. The van der Waals surface area contributed by atoms with Gasteiger partial charge in [-0.2, -0.15) is 13.2 Å². The van der Waals surface area contributed by atoms with Gasteiger partial charge in [0.1, 0.15) is 0 Å². The van der Waals surface area contributed by atoms with Gasteiger partial charge in [0, 0.05) is 24.0 Å². The van der Waals surface area contributed by atoms with E-state index in [1.54, 1.807) is 18.2 Å². The average molecular weight is 412 g/mol. The minimum atomic E-state index is -4.50. The predicted molar refractivity (Wildman–Crippen MR) is 91.9 cm³/mol. The third kappa shape index (κ3) is 5.50. The van der Waals surface area contributed by atoms with Gasteiger partial charge < -0.3 is 24.3 Å². The molecule has 154 valence electrons. The molecule has 3 rings (SSSR count). The maximum atomic E-state index is 12.2. The van der Waals surface area contributed by atoms with Gasteiger partial charge in [0.2, 0.25) is 12.7 Å². The van der Waals surface area contributed by atoms with E-state index in [9.17, 15) is 22.8 Å². The number of carbonyl (C=O) groups is 2. The fourth-order valence-electron chi connectivity index (χ4n) is 2.24. The number of anilines is 1. The van der Waals surface area contributed by atoms with E-state index in [1.807, 2.05) is 0 Å². The summed E-state index contributed by atoms with van der Waals surface area (Å²) in [5, 5.41) is 2.57. The van der Waals surface area contributed by atoms with Crippen molar-refractivity contribution in [3.8, 4) is 17.4 Å². The lowest BCUT2D eigenvalue weighted by atomic mass is 10.2. The minimum absolute atomic E-state index is 0.0490. The quantitative estimate of drug-likeness (QED) is 0.729. The first-order valence-corrected chi connectivity index (χ1v) is 8.28. The molecule has 1 aliphatic rings. The summed E-state index contributed by atoms with van der Waals surface area (Å²) >= 11 is 0. The first-order chi connectivity index (χ1) is 13.7. The van der Waals surface area contributed by atoms with Crippen LogP contribution in [0, 0.1) is 0 Å². The van der Waals surface area contributed by atoms with Gasteiger partial charge in [0.25, 0.3) is 5.91 Å². The molecule has 11 heteroatoms. The van der Waals surface area contributed by atoms with Crippen LogP contribution < -0.4 is 19.5 Å². The van der Waals surface area contributed by atoms with Crippen LogP contribution in [0.4, 0.5) is 18.9 Å². The first-order valence-electron chi connectivity index (χ1n) is 8.28. The summed E-state index contributed by atoms with van der Waals surface area (Å²) in [6.45, 7) is -0.0376. The van der Waals surface area contributed by atoms with Crippen molar-refractivity contribution < 1.29 is 41.7 Å². The largest absolute Gasteiger partial charge is 0.468 e. The number of nitrogens with zero attached hydrogens (tertiary/aromatic N) is 1. The van der Waals surface area contributed by atoms with Crippen LogP contribution in [0.25, 0.3) is 0 Å². The number of nitrogens with one attached hydrogen (secondary N) is 1. The van der Waals surface area contributed by atoms with E-state index in [-0.39, 0.29) is 18.2 Å². The van der Waals surface area contributed by atoms with E-state index < -0.39 is 30.8 Å². The predicted octanol–water partition coefficient (Wildman–Crippen LogP) is 2.94. The molecule has 1 aromatic heterocycles. The summed E-state index contributed by atoms with van der Waals surface area (Å²) in [4.78, 5) is 27.9. The molecule has 1 N–H and O–H groups in total. The Morgan fingerprint density at radius 1 is 1.21 bits per heavy atom. The number of alkyl halides is 3. The molecule has 0 unspecified atom stereocenters. The van der Waals surface area contributed by atoms with Crippen molar-refractivity contribution in [3.63, 3.8) is 0 Å². The SMILES string of the molecule is C[C@H](OC(=O)c1ccc(OCC(F)(F)F)nc1)C(=O)Nc1ccc2c(c1)OCO2. The standard InChI is InChI=1S/C18H15F3N2O6/c1-10(16(24)23-12-3-4-13-14(6-12)28-9-27-13)29-17(25)11-2-5-15(22-7-11)26-8-18(19,20)21/h2-7,10H,8-9H2,1H3,(H,23,24)/t10-/m0/s1. The van der Waals surface area contributed by atoms with Crippen LogP contribution in [0.15, 0.2) is 36.5 Å². The average Bonchev–Trinajstić information content (AvgIpc) is 3.14. The Morgan fingerprint density at radius 3 is 2.66 bits per heavy atom. The number of benzene rings is 1. The minimum Gasteiger partial charge on any atom is -0.468 e. The van der Waals surface area contributed by atoms with E-state index >= 15 is 0 Å². The second kappa shape index (κ2) is 8.25. The summed E-state index contributed by atoms with van der Waals surface area (Å²) in [6, 6.07) is 7.08. The van der Waals surface area contributed by atoms with Crippen molar-refractivity contribution in [3.05, 3.63) is 42.1 Å². The molecule has 1 atom stereocenters. The zero-order valence-corrected chi connectivity index (χ0v) is 15.0. The van der Waals surface area contributed by atoms with Crippen LogP contribution >= 0.6 is 0 Å². The van der Waals surface area contributed by atoms with Crippen LogP contribution in [0.5, 0.6) is 17.4 Å². The number of hydrogen-bond acceptors (Lipinski definition) is 7. The van der Waals surface area contributed by atoms with Gasteiger partial charge in [-0.25, -0.2) is 9.78 Å². The highest BCUT2D eigenvalue weighted by molar-refractivity contribution is 5.97. The van der Waals surface area contributed by atoms with Crippen molar-refractivity contribution in [1.82, 2.24) is 4.98 Å². The summed E-state index contributed by atoms with van der Waals surface area (Å²) in [7, 11) is 0. The topological polar surface area (TPSA) is 96.0 Å². The van der Waals surface area contributed by atoms with Gasteiger partial charge in [-0.1, -0.05) is 0 Å².